The molecule has 1 unspecified atom stereocenters. The van der Waals surface area contributed by atoms with E-state index >= 15 is 0 Å². The van der Waals surface area contributed by atoms with Crippen LogP contribution in [0.1, 0.15) is 22.5 Å². The summed E-state index contributed by atoms with van der Waals surface area (Å²) in [6.07, 6.45) is 5.30. The number of ether oxygens (including phenoxy) is 1. The zero-order chi connectivity index (χ0) is 20.5. The molecule has 3 aromatic rings. The molecule has 2 aromatic heterocycles. The lowest BCUT2D eigenvalue weighted by Crippen LogP contribution is -2.46. The smallest absolute Gasteiger partial charge is 0.255 e. The fourth-order valence-electron chi connectivity index (χ4n) is 3.77. The number of fused-ring (bicyclic) bond motifs is 1. The van der Waals surface area contributed by atoms with Crippen molar-refractivity contribution in [3.05, 3.63) is 59.0 Å². The molecule has 0 saturated carbocycles. The molecule has 1 fully saturated rings. The fourth-order valence-corrected chi connectivity index (χ4v) is 3.89. The minimum absolute atomic E-state index is 0.0922. The molecule has 5 rings (SSSR count). The van der Waals surface area contributed by atoms with Crippen molar-refractivity contribution in [3.8, 4) is 17.0 Å². The number of rotatable bonds is 6. The molecule has 1 atom stereocenters. The first-order valence-corrected chi connectivity index (χ1v) is 10.4. The Balaban J connectivity index is 1.56. The summed E-state index contributed by atoms with van der Waals surface area (Å²) in [5.41, 5.74) is 4.79. The summed E-state index contributed by atoms with van der Waals surface area (Å²) in [6.45, 7) is 2.22. The van der Waals surface area contributed by atoms with Crippen molar-refractivity contribution in [1.82, 2.24) is 20.6 Å². The summed E-state index contributed by atoms with van der Waals surface area (Å²) in [4.78, 5) is 20.4. The predicted octanol–water partition coefficient (Wildman–Crippen LogP) is 3.50. The number of nitrogens with one attached hydrogen (secondary N) is 4. The second-order valence-electron chi connectivity index (χ2n) is 7.49. The molecule has 4 N–H and O–H groups in total. The molecule has 1 amide bonds. The average molecular weight is 424 g/mol. The van der Waals surface area contributed by atoms with Gasteiger partial charge in [-0.15, -0.1) is 0 Å². The van der Waals surface area contributed by atoms with Gasteiger partial charge < -0.3 is 25.7 Å². The van der Waals surface area contributed by atoms with Crippen LogP contribution in [0.5, 0.6) is 5.75 Å². The van der Waals surface area contributed by atoms with Crippen LogP contribution in [0.4, 0.5) is 11.4 Å². The summed E-state index contributed by atoms with van der Waals surface area (Å²) < 4.78 is 6.08. The van der Waals surface area contributed by atoms with Gasteiger partial charge in [-0.2, -0.15) is 0 Å². The van der Waals surface area contributed by atoms with Crippen LogP contribution in [-0.4, -0.2) is 41.6 Å². The molecule has 8 heteroatoms. The third-order valence-electron chi connectivity index (χ3n) is 5.50. The molecule has 4 heterocycles. The molecule has 2 aliphatic heterocycles. The van der Waals surface area contributed by atoms with E-state index in [1.165, 1.54) is 0 Å². The van der Waals surface area contributed by atoms with Crippen molar-refractivity contribution in [2.45, 2.75) is 18.9 Å². The van der Waals surface area contributed by atoms with E-state index in [1.807, 2.05) is 30.3 Å². The number of carbonyl (C=O) groups is 1. The first-order valence-electron chi connectivity index (χ1n) is 10.1. The van der Waals surface area contributed by atoms with Crippen LogP contribution in [0.2, 0.25) is 5.02 Å². The molecule has 0 bridgehead atoms. The predicted molar refractivity (Wildman–Crippen MR) is 117 cm³/mol. The highest BCUT2D eigenvalue weighted by Crippen LogP contribution is 2.40. The van der Waals surface area contributed by atoms with Crippen LogP contribution in [-0.2, 0) is 6.42 Å². The molecule has 154 valence electrons. The summed E-state index contributed by atoms with van der Waals surface area (Å²) >= 11 is 6.03. The monoisotopic (exact) mass is 423 g/mol. The highest BCUT2D eigenvalue weighted by molar-refractivity contribution is 6.30. The van der Waals surface area contributed by atoms with E-state index in [0.717, 1.165) is 47.7 Å². The van der Waals surface area contributed by atoms with Crippen LogP contribution < -0.4 is 20.7 Å². The Morgan fingerprint density at radius 3 is 2.80 bits per heavy atom. The summed E-state index contributed by atoms with van der Waals surface area (Å²) in [7, 11) is 0. The van der Waals surface area contributed by atoms with Crippen LogP contribution in [0.3, 0.4) is 0 Å². The summed E-state index contributed by atoms with van der Waals surface area (Å²) in [5, 5.41) is 10.3. The van der Waals surface area contributed by atoms with E-state index in [-0.39, 0.29) is 5.91 Å². The number of carbonyl (C=O) groups excluding carboxylic acids is 1. The number of nitrogens with zero attached hydrogens (tertiary/aromatic N) is 1. The molecule has 0 aliphatic carbocycles. The van der Waals surface area contributed by atoms with Gasteiger partial charge in [0.25, 0.3) is 5.91 Å². The Hall–Kier alpha value is -3.03. The Kier molecular flexibility index (Phi) is 5.06. The number of anilines is 2. The van der Waals surface area contributed by atoms with Gasteiger partial charge in [0.1, 0.15) is 12.4 Å². The third kappa shape index (κ3) is 3.62. The molecule has 7 nitrogen and oxygen atoms in total. The second kappa shape index (κ2) is 8.01. The normalized spacial score (nSPS) is 17.6. The highest BCUT2D eigenvalue weighted by atomic mass is 35.5. The van der Waals surface area contributed by atoms with E-state index in [4.69, 9.17) is 16.3 Å². The number of amides is 1. The molecule has 1 saturated heterocycles. The van der Waals surface area contributed by atoms with Gasteiger partial charge in [0.05, 0.1) is 23.1 Å². The lowest BCUT2D eigenvalue weighted by atomic mass is 10.0. The van der Waals surface area contributed by atoms with Gasteiger partial charge in [-0.1, -0.05) is 11.6 Å². The van der Waals surface area contributed by atoms with E-state index in [0.29, 0.717) is 35.5 Å². The highest BCUT2D eigenvalue weighted by Gasteiger charge is 2.28. The maximum Gasteiger partial charge on any atom is 0.255 e. The quantitative estimate of drug-likeness (QED) is 0.487. The van der Waals surface area contributed by atoms with Crippen molar-refractivity contribution in [2.24, 2.45) is 0 Å². The molecular weight excluding hydrogens is 402 g/mol. The summed E-state index contributed by atoms with van der Waals surface area (Å²) in [6, 6.07) is 9.68. The van der Waals surface area contributed by atoms with Crippen molar-refractivity contribution < 1.29 is 9.53 Å². The van der Waals surface area contributed by atoms with E-state index in [2.05, 4.69) is 25.9 Å². The fraction of sp³-hybridized carbons (Fsp3) is 0.273. The van der Waals surface area contributed by atoms with Crippen LogP contribution in [0.15, 0.2) is 42.7 Å². The van der Waals surface area contributed by atoms with Crippen LogP contribution >= 0.6 is 11.6 Å². The molecule has 2 aliphatic rings. The SMILES string of the molecule is O=C1NCCc2[nH]c(-c3ccncc3OCC3CCN3)c(Nc3ccc(Cl)cc3)c21. The van der Waals surface area contributed by atoms with Gasteiger partial charge in [-0.05, 0) is 43.3 Å². The van der Waals surface area contributed by atoms with E-state index < -0.39 is 0 Å². The average Bonchev–Trinajstić information content (AvgIpc) is 3.08. The number of aromatic nitrogens is 2. The van der Waals surface area contributed by atoms with Gasteiger partial charge in [-0.25, -0.2) is 0 Å². The minimum Gasteiger partial charge on any atom is -0.490 e. The Labute approximate surface area is 179 Å². The van der Waals surface area contributed by atoms with Crippen molar-refractivity contribution in [3.63, 3.8) is 0 Å². The third-order valence-corrected chi connectivity index (χ3v) is 5.75. The Morgan fingerprint density at radius 1 is 1.20 bits per heavy atom. The van der Waals surface area contributed by atoms with Crippen molar-refractivity contribution in [2.75, 3.05) is 25.0 Å². The maximum absolute atomic E-state index is 12.7. The first-order chi connectivity index (χ1) is 14.7. The Bertz CT molecular complexity index is 1080. The van der Waals surface area contributed by atoms with Gasteiger partial charge in [0, 0.05) is 47.2 Å². The topological polar surface area (TPSA) is 91.1 Å². The van der Waals surface area contributed by atoms with Crippen LogP contribution in [0.25, 0.3) is 11.3 Å². The number of pyridine rings is 1. The second-order valence-corrected chi connectivity index (χ2v) is 7.93. The standard InChI is InChI=1S/C22H22ClN5O2/c23-13-1-3-14(4-2-13)27-21-19-17(7-10-26-22(19)29)28-20(21)16-6-8-24-11-18(16)30-12-15-5-9-25-15/h1-4,6,8,11,15,25,27-28H,5,7,9-10,12H2,(H,26,29). The van der Waals surface area contributed by atoms with Gasteiger partial charge >= 0.3 is 0 Å². The molecule has 0 spiro atoms. The number of halogens is 1. The molecule has 1 aromatic carbocycles. The number of H-pyrrole nitrogens is 1. The zero-order valence-corrected chi connectivity index (χ0v) is 17.1. The molecular formula is C22H22ClN5O2. The molecule has 0 radical (unpaired) electrons. The number of benzene rings is 1. The minimum atomic E-state index is -0.0922. The lowest BCUT2D eigenvalue weighted by molar-refractivity contribution is 0.0947. The summed E-state index contributed by atoms with van der Waals surface area (Å²) in [5.74, 6) is 0.592. The largest absolute Gasteiger partial charge is 0.490 e. The maximum atomic E-state index is 12.7. The molecule has 30 heavy (non-hydrogen) atoms. The van der Waals surface area contributed by atoms with Crippen molar-refractivity contribution in [1.29, 1.82) is 0 Å². The van der Waals surface area contributed by atoms with Gasteiger partial charge in [0.15, 0.2) is 0 Å². The number of hydrogen-bond donors (Lipinski definition) is 4. The van der Waals surface area contributed by atoms with Crippen molar-refractivity contribution >= 4 is 28.9 Å². The Morgan fingerprint density at radius 2 is 2.03 bits per heavy atom. The van der Waals surface area contributed by atoms with E-state index in [1.54, 1.807) is 12.4 Å². The number of aromatic amines is 1. The number of hydrogen-bond acceptors (Lipinski definition) is 5. The van der Waals surface area contributed by atoms with Crippen LogP contribution in [0, 0.1) is 0 Å². The van der Waals surface area contributed by atoms with Gasteiger partial charge in [-0.3, -0.25) is 9.78 Å². The van der Waals surface area contributed by atoms with Gasteiger partial charge in [0.2, 0.25) is 0 Å². The first kappa shape index (κ1) is 19.0. The zero-order valence-electron chi connectivity index (χ0n) is 16.3. The van der Waals surface area contributed by atoms with E-state index in [9.17, 15) is 4.79 Å². The lowest BCUT2D eigenvalue weighted by Gasteiger charge is -2.27.